The number of ether oxygens (including phenoxy) is 2. The van der Waals surface area contributed by atoms with Gasteiger partial charge < -0.3 is 19.9 Å². The van der Waals surface area contributed by atoms with Gasteiger partial charge in [-0.3, -0.25) is 9.78 Å². The van der Waals surface area contributed by atoms with Crippen molar-refractivity contribution in [2.45, 2.75) is 44.3 Å². The summed E-state index contributed by atoms with van der Waals surface area (Å²) in [6, 6.07) is 3.00. The summed E-state index contributed by atoms with van der Waals surface area (Å²) in [5.74, 6) is -1.50. The molecule has 1 amide bonds. The number of alkyl halides is 3. The van der Waals surface area contributed by atoms with Crippen LogP contribution < -0.4 is 5.32 Å². The number of rotatable bonds is 5. The maximum atomic E-state index is 13.1. The molecule has 1 aliphatic heterocycles. The first-order chi connectivity index (χ1) is 11.6. The predicted molar refractivity (Wildman–Crippen MR) is 82.8 cm³/mol. The molecular weight excluding hydrogens is 341 g/mol. The molecule has 1 saturated heterocycles. The molecule has 9 heteroatoms. The topological polar surface area (TPSA) is 80.7 Å². The third-order valence-electron chi connectivity index (χ3n) is 4.47. The van der Waals surface area contributed by atoms with Crippen LogP contribution in [-0.4, -0.2) is 47.6 Å². The molecule has 2 rings (SSSR count). The van der Waals surface area contributed by atoms with Gasteiger partial charge in [-0.1, -0.05) is 6.92 Å². The molecule has 1 unspecified atom stereocenters. The Morgan fingerprint density at radius 1 is 1.56 bits per heavy atom. The summed E-state index contributed by atoms with van der Waals surface area (Å²) < 4.78 is 49.3. The van der Waals surface area contributed by atoms with Crippen LogP contribution >= 0.6 is 0 Å². The zero-order chi connectivity index (χ0) is 18.8. The van der Waals surface area contributed by atoms with Crippen LogP contribution in [0.5, 0.6) is 0 Å². The molecule has 1 fully saturated rings. The van der Waals surface area contributed by atoms with Crippen molar-refractivity contribution in [3.05, 3.63) is 24.0 Å². The zero-order valence-electron chi connectivity index (χ0n) is 14.1. The van der Waals surface area contributed by atoms with Crippen molar-refractivity contribution < 1.29 is 32.5 Å². The number of aliphatic hydroxyl groups excluding tert-OH is 1. The highest BCUT2D eigenvalue weighted by atomic mass is 19.4. The van der Waals surface area contributed by atoms with E-state index in [9.17, 15) is 23.1 Å². The number of aromatic nitrogens is 1. The molecular formula is C16H21F3N2O4. The molecule has 0 spiro atoms. The van der Waals surface area contributed by atoms with Crippen LogP contribution in [-0.2, 0) is 14.3 Å². The van der Waals surface area contributed by atoms with Gasteiger partial charge in [-0.05, 0) is 31.4 Å². The van der Waals surface area contributed by atoms with Gasteiger partial charge >= 0.3 is 6.18 Å². The lowest BCUT2D eigenvalue weighted by Crippen LogP contribution is -2.47. The first-order valence-corrected chi connectivity index (χ1v) is 7.77. The minimum absolute atomic E-state index is 0.0279. The molecule has 140 valence electrons. The minimum Gasteiger partial charge on any atom is -0.384 e. The molecule has 2 heterocycles. The standard InChI is InChI=1S/C16H21F3N2O4/c1-9-6-13(25-15(9,2)16(17,18)19)14(23)21-10-4-5-11(20-7-10)12(22)8-24-3/h4-5,7,9,12-13,22H,6,8H2,1-3H3,(H,21,23)/t9-,12?,13+,15+/m0/s1. The van der Waals surface area contributed by atoms with E-state index in [2.05, 4.69) is 10.3 Å². The summed E-state index contributed by atoms with van der Waals surface area (Å²) in [5.41, 5.74) is -1.69. The van der Waals surface area contributed by atoms with Gasteiger partial charge in [0.2, 0.25) is 0 Å². The van der Waals surface area contributed by atoms with E-state index in [1.165, 1.54) is 32.4 Å². The Hall–Kier alpha value is -1.71. The number of anilines is 1. The highest BCUT2D eigenvalue weighted by Gasteiger charge is 2.61. The van der Waals surface area contributed by atoms with Crippen LogP contribution in [0.15, 0.2) is 18.3 Å². The van der Waals surface area contributed by atoms with Crippen LogP contribution in [0.25, 0.3) is 0 Å². The molecule has 0 saturated carbocycles. The third kappa shape index (κ3) is 4.10. The lowest BCUT2D eigenvalue weighted by Gasteiger charge is -2.30. The van der Waals surface area contributed by atoms with E-state index in [0.717, 1.165) is 6.92 Å². The van der Waals surface area contributed by atoms with E-state index < -0.39 is 35.8 Å². The van der Waals surface area contributed by atoms with Crippen molar-refractivity contribution >= 4 is 11.6 Å². The van der Waals surface area contributed by atoms with Crippen molar-refractivity contribution in [3.63, 3.8) is 0 Å². The Morgan fingerprint density at radius 2 is 2.24 bits per heavy atom. The molecule has 0 radical (unpaired) electrons. The number of carbonyl (C=O) groups excluding carboxylic acids is 1. The average Bonchev–Trinajstić information content (AvgIpc) is 2.85. The predicted octanol–water partition coefficient (Wildman–Crippen LogP) is 2.45. The molecule has 2 N–H and O–H groups in total. The Labute approximate surface area is 143 Å². The van der Waals surface area contributed by atoms with Crippen LogP contribution in [0.2, 0.25) is 0 Å². The molecule has 0 aromatic carbocycles. The number of carbonyl (C=O) groups is 1. The number of nitrogens with zero attached hydrogens (tertiary/aromatic N) is 1. The second kappa shape index (κ2) is 7.27. The van der Waals surface area contributed by atoms with Gasteiger partial charge in [0.1, 0.15) is 12.2 Å². The number of hydrogen-bond acceptors (Lipinski definition) is 5. The number of methoxy groups -OCH3 is 1. The number of nitrogens with one attached hydrogen (secondary N) is 1. The normalized spacial score (nSPS) is 28.0. The largest absolute Gasteiger partial charge is 0.417 e. The summed E-state index contributed by atoms with van der Waals surface area (Å²) in [5, 5.41) is 12.2. The van der Waals surface area contributed by atoms with Gasteiger partial charge in [0.25, 0.3) is 5.91 Å². The minimum atomic E-state index is -4.55. The van der Waals surface area contributed by atoms with E-state index in [0.29, 0.717) is 11.4 Å². The van der Waals surface area contributed by atoms with Crippen LogP contribution in [0.1, 0.15) is 32.1 Å². The highest BCUT2D eigenvalue weighted by Crippen LogP contribution is 2.46. The number of aliphatic hydroxyl groups is 1. The van der Waals surface area contributed by atoms with Gasteiger partial charge in [0, 0.05) is 7.11 Å². The third-order valence-corrected chi connectivity index (χ3v) is 4.47. The van der Waals surface area contributed by atoms with Crippen molar-refractivity contribution in [1.29, 1.82) is 0 Å². The molecule has 1 aliphatic rings. The van der Waals surface area contributed by atoms with Crippen molar-refractivity contribution in [1.82, 2.24) is 4.98 Å². The maximum absolute atomic E-state index is 13.1. The van der Waals surface area contributed by atoms with Gasteiger partial charge in [-0.2, -0.15) is 13.2 Å². The second-order valence-electron chi connectivity index (χ2n) is 6.28. The molecule has 1 aromatic rings. The van der Waals surface area contributed by atoms with Crippen LogP contribution in [0.3, 0.4) is 0 Å². The first kappa shape index (κ1) is 19.6. The number of halogens is 3. The number of pyridine rings is 1. The fourth-order valence-electron chi connectivity index (χ4n) is 2.65. The second-order valence-corrected chi connectivity index (χ2v) is 6.28. The Balaban J connectivity index is 2.01. The fourth-order valence-corrected chi connectivity index (χ4v) is 2.65. The summed E-state index contributed by atoms with van der Waals surface area (Å²) in [6.07, 6.45) is -5.36. The Morgan fingerprint density at radius 3 is 2.72 bits per heavy atom. The maximum Gasteiger partial charge on any atom is 0.417 e. The molecule has 1 aromatic heterocycles. The van der Waals surface area contributed by atoms with E-state index in [4.69, 9.17) is 9.47 Å². The van der Waals surface area contributed by atoms with Gasteiger partial charge in [0.15, 0.2) is 5.60 Å². The van der Waals surface area contributed by atoms with E-state index in [1.54, 1.807) is 0 Å². The van der Waals surface area contributed by atoms with Crippen molar-refractivity contribution in [2.75, 3.05) is 19.0 Å². The highest BCUT2D eigenvalue weighted by molar-refractivity contribution is 5.94. The lowest BCUT2D eigenvalue weighted by atomic mass is 9.89. The molecule has 0 aliphatic carbocycles. The smallest absolute Gasteiger partial charge is 0.384 e. The van der Waals surface area contributed by atoms with Crippen molar-refractivity contribution in [3.8, 4) is 0 Å². The summed E-state index contributed by atoms with van der Waals surface area (Å²) in [7, 11) is 1.44. The summed E-state index contributed by atoms with van der Waals surface area (Å²) >= 11 is 0. The monoisotopic (exact) mass is 362 g/mol. The SMILES string of the molecule is COCC(O)c1ccc(NC(=O)[C@H]2C[C@H](C)[C@](C)(C(F)(F)F)O2)cn1. The van der Waals surface area contributed by atoms with E-state index in [-0.39, 0.29) is 13.0 Å². The number of amides is 1. The summed E-state index contributed by atoms with van der Waals surface area (Å²) in [4.78, 5) is 16.2. The van der Waals surface area contributed by atoms with Gasteiger partial charge in [-0.15, -0.1) is 0 Å². The van der Waals surface area contributed by atoms with Crippen LogP contribution in [0, 0.1) is 5.92 Å². The van der Waals surface area contributed by atoms with E-state index in [1.807, 2.05) is 0 Å². The molecule has 4 atom stereocenters. The number of hydrogen-bond donors (Lipinski definition) is 2. The lowest BCUT2D eigenvalue weighted by molar-refractivity contribution is -0.272. The Kier molecular flexibility index (Phi) is 5.70. The van der Waals surface area contributed by atoms with Gasteiger partial charge in [0.05, 0.1) is 24.2 Å². The average molecular weight is 362 g/mol. The van der Waals surface area contributed by atoms with E-state index >= 15 is 0 Å². The molecule has 25 heavy (non-hydrogen) atoms. The van der Waals surface area contributed by atoms with Crippen molar-refractivity contribution in [2.24, 2.45) is 5.92 Å². The zero-order valence-corrected chi connectivity index (χ0v) is 14.1. The molecule has 6 nitrogen and oxygen atoms in total. The van der Waals surface area contributed by atoms with Gasteiger partial charge in [-0.25, -0.2) is 0 Å². The van der Waals surface area contributed by atoms with Crippen LogP contribution in [0.4, 0.5) is 18.9 Å². The first-order valence-electron chi connectivity index (χ1n) is 7.77. The molecule has 0 bridgehead atoms. The summed E-state index contributed by atoms with van der Waals surface area (Å²) in [6.45, 7) is 2.44. The quantitative estimate of drug-likeness (QED) is 0.841. The fraction of sp³-hybridized carbons (Fsp3) is 0.625. The Bertz CT molecular complexity index is 608.